The largest absolute Gasteiger partial charge is 0.334 e. The molecule has 0 atom stereocenters. The highest BCUT2D eigenvalue weighted by atomic mass is 16.2. The third-order valence-corrected chi connectivity index (χ3v) is 5.99. The van der Waals surface area contributed by atoms with E-state index >= 15 is 0 Å². The average Bonchev–Trinajstić information content (AvgIpc) is 3.09. The molecule has 5 nitrogen and oxygen atoms in total. The molecule has 1 fully saturated rings. The second-order valence-electron chi connectivity index (χ2n) is 7.76. The highest BCUT2D eigenvalue weighted by Crippen LogP contribution is 2.26. The van der Waals surface area contributed by atoms with Crippen LogP contribution in [0, 0.1) is 0 Å². The van der Waals surface area contributed by atoms with Gasteiger partial charge in [0.1, 0.15) is 5.69 Å². The Bertz CT molecular complexity index is 1000. The summed E-state index contributed by atoms with van der Waals surface area (Å²) in [5.41, 5.74) is 5.43. The Labute approximate surface area is 165 Å². The number of carbonyl (C=O) groups excluding carboxylic acids is 1. The average molecular weight is 372 g/mol. The third-order valence-electron chi connectivity index (χ3n) is 5.99. The minimum absolute atomic E-state index is 0.0749. The van der Waals surface area contributed by atoms with Crippen LogP contribution in [0.5, 0.6) is 0 Å². The molecule has 5 rings (SSSR count). The lowest BCUT2D eigenvalue weighted by atomic mass is 9.96. The van der Waals surface area contributed by atoms with E-state index in [1.54, 1.807) is 4.68 Å². The lowest BCUT2D eigenvalue weighted by molar-refractivity contribution is 0.0210. The monoisotopic (exact) mass is 372 g/mol. The van der Waals surface area contributed by atoms with E-state index in [-0.39, 0.29) is 5.91 Å². The fourth-order valence-electron chi connectivity index (χ4n) is 4.26. The zero-order valence-corrected chi connectivity index (χ0v) is 16.1. The van der Waals surface area contributed by atoms with Gasteiger partial charge in [0, 0.05) is 44.8 Å². The minimum Gasteiger partial charge on any atom is -0.334 e. The van der Waals surface area contributed by atoms with Gasteiger partial charge >= 0.3 is 0 Å². The second-order valence-corrected chi connectivity index (χ2v) is 7.76. The number of hydrogen-bond donors (Lipinski definition) is 0. The first-order valence-corrected chi connectivity index (χ1v) is 9.88. The number of amides is 1. The SMILES string of the molecule is Cn1nc(-c2ccccc2)cc1C(=O)N1CC(N2CCc3ccccc3C2)C1. The second kappa shape index (κ2) is 6.91. The van der Waals surface area contributed by atoms with Crippen molar-refractivity contribution in [2.45, 2.75) is 19.0 Å². The molecule has 3 heterocycles. The van der Waals surface area contributed by atoms with Crippen molar-refractivity contribution in [2.75, 3.05) is 19.6 Å². The zero-order chi connectivity index (χ0) is 19.1. The van der Waals surface area contributed by atoms with Crippen molar-refractivity contribution in [3.8, 4) is 11.3 Å². The number of likely N-dealkylation sites (tertiary alicyclic amines) is 1. The van der Waals surface area contributed by atoms with Gasteiger partial charge in [0.15, 0.2) is 0 Å². The quantitative estimate of drug-likeness (QED) is 0.710. The molecule has 2 aliphatic heterocycles. The summed E-state index contributed by atoms with van der Waals surface area (Å²) < 4.78 is 1.70. The fraction of sp³-hybridized carbons (Fsp3) is 0.304. The molecule has 0 aliphatic carbocycles. The maximum atomic E-state index is 13.0. The van der Waals surface area contributed by atoms with E-state index < -0.39 is 0 Å². The summed E-state index contributed by atoms with van der Waals surface area (Å²) >= 11 is 0. The lowest BCUT2D eigenvalue weighted by Gasteiger charge is -2.46. The van der Waals surface area contributed by atoms with Crippen molar-refractivity contribution in [1.29, 1.82) is 0 Å². The molecule has 0 saturated carbocycles. The highest BCUT2D eigenvalue weighted by Gasteiger charge is 2.37. The Kier molecular flexibility index (Phi) is 4.24. The van der Waals surface area contributed by atoms with E-state index in [1.165, 1.54) is 11.1 Å². The normalized spacial score (nSPS) is 17.2. The molecule has 0 spiro atoms. The molecule has 1 amide bonds. The number of rotatable bonds is 3. The summed E-state index contributed by atoms with van der Waals surface area (Å²) in [6.45, 7) is 3.67. The molecular weight excluding hydrogens is 348 g/mol. The molecule has 142 valence electrons. The molecule has 0 N–H and O–H groups in total. The Morgan fingerprint density at radius 1 is 1.00 bits per heavy atom. The van der Waals surface area contributed by atoms with Crippen LogP contribution in [0.25, 0.3) is 11.3 Å². The topological polar surface area (TPSA) is 41.4 Å². The zero-order valence-electron chi connectivity index (χ0n) is 16.1. The fourth-order valence-corrected chi connectivity index (χ4v) is 4.26. The predicted octanol–water partition coefficient (Wildman–Crippen LogP) is 2.97. The van der Waals surface area contributed by atoms with Crippen molar-refractivity contribution < 1.29 is 4.79 Å². The third kappa shape index (κ3) is 3.02. The standard InChI is InChI=1S/C23H24N4O/c1-25-22(13-21(24-25)18-8-3-2-4-9-18)23(28)27-15-20(16-27)26-12-11-17-7-5-6-10-19(17)14-26/h2-10,13,20H,11-12,14-16H2,1H3. The summed E-state index contributed by atoms with van der Waals surface area (Å²) in [7, 11) is 1.85. The van der Waals surface area contributed by atoms with E-state index in [2.05, 4.69) is 34.3 Å². The van der Waals surface area contributed by atoms with Crippen LogP contribution in [-0.4, -0.2) is 51.2 Å². The first-order valence-electron chi connectivity index (χ1n) is 9.88. The molecule has 0 bridgehead atoms. The van der Waals surface area contributed by atoms with E-state index in [0.717, 1.165) is 43.9 Å². The molecule has 1 saturated heterocycles. The number of aromatic nitrogens is 2. The lowest BCUT2D eigenvalue weighted by Crippen LogP contribution is -2.61. The van der Waals surface area contributed by atoms with E-state index in [1.807, 2.05) is 48.3 Å². The number of aryl methyl sites for hydroxylation is 1. The van der Waals surface area contributed by atoms with Crippen molar-refractivity contribution in [3.05, 3.63) is 77.5 Å². The van der Waals surface area contributed by atoms with Gasteiger partial charge in [-0.05, 0) is 23.6 Å². The van der Waals surface area contributed by atoms with Gasteiger partial charge in [0.05, 0.1) is 5.69 Å². The maximum Gasteiger partial charge on any atom is 0.272 e. The van der Waals surface area contributed by atoms with Crippen LogP contribution >= 0.6 is 0 Å². The number of hydrogen-bond acceptors (Lipinski definition) is 3. The van der Waals surface area contributed by atoms with Gasteiger partial charge in [-0.3, -0.25) is 14.4 Å². The van der Waals surface area contributed by atoms with Gasteiger partial charge in [0.2, 0.25) is 0 Å². The van der Waals surface area contributed by atoms with Gasteiger partial charge in [-0.25, -0.2) is 0 Å². The van der Waals surface area contributed by atoms with Crippen molar-refractivity contribution >= 4 is 5.91 Å². The number of carbonyl (C=O) groups is 1. The van der Waals surface area contributed by atoms with Crippen molar-refractivity contribution in [1.82, 2.24) is 19.6 Å². The Balaban J connectivity index is 1.25. The molecule has 0 unspecified atom stereocenters. The van der Waals surface area contributed by atoms with Gasteiger partial charge in [-0.15, -0.1) is 0 Å². The molecular formula is C23H24N4O. The van der Waals surface area contributed by atoms with Crippen LogP contribution < -0.4 is 0 Å². The molecule has 2 aromatic carbocycles. The van der Waals surface area contributed by atoms with Gasteiger partial charge in [-0.2, -0.15) is 5.10 Å². The molecule has 0 radical (unpaired) electrons. The van der Waals surface area contributed by atoms with Gasteiger partial charge in [0.25, 0.3) is 5.91 Å². The Morgan fingerprint density at radius 3 is 2.50 bits per heavy atom. The van der Waals surface area contributed by atoms with Crippen LogP contribution in [0.1, 0.15) is 21.6 Å². The summed E-state index contributed by atoms with van der Waals surface area (Å²) in [5, 5.41) is 4.54. The van der Waals surface area contributed by atoms with Crippen LogP contribution in [0.3, 0.4) is 0 Å². The van der Waals surface area contributed by atoms with E-state index in [0.29, 0.717) is 11.7 Å². The van der Waals surface area contributed by atoms with Crippen LogP contribution in [-0.2, 0) is 20.0 Å². The predicted molar refractivity (Wildman–Crippen MR) is 109 cm³/mol. The highest BCUT2D eigenvalue weighted by molar-refractivity contribution is 5.94. The number of fused-ring (bicyclic) bond motifs is 1. The van der Waals surface area contributed by atoms with Gasteiger partial charge < -0.3 is 4.90 Å². The molecule has 2 aliphatic rings. The summed E-state index contributed by atoms with van der Waals surface area (Å²) in [5.74, 6) is 0.0749. The maximum absolute atomic E-state index is 13.0. The number of nitrogens with zero attached hydrogens (tertiary/aromatic N) is 4. The van der Waals surface area contributed by atoms with Crippen molar-refractivity contribution in [3.63, 3.8) is 0 Å². The molecule has 5 heteroatoms. The Hall–Kier alpha value is -2.92. The molecule has 28 heavy (non-hydrogen) atoms. The van der Waals surface area contributed by atoms with Crippen LogP contribution in [0.15, 0.2) is 60.7 Å². The van der Waals surface area contributed by atoms with E-state index in [9.17, 15) is 4.79 Å². The van der Waals surface area contributed by atoms with Crippen molar-refractivity contribution in [2.24, 2.45) is 7.05 Å². The van der Waals surface area contributed by atoms with Crippen LogP contribution in [0.4, 0.5) is 0 Å². The number of benzene rings is 2. The summed E-state index contributed by atoms with van der Waals surface area (Å²) in [6, 6.07) is 21.1. The smallest absolute Gasteiger partial charge is 0.272 e. The van der Waals surface area contributed by atoms with Crippen LogP contribution in [0.2, 0.25) is 0 Å². The first kappa shape index (κ1) is 17.2. The van der Waals surface area contributed by atoms with E-state index in [4.69, 9.17) is 0 Å². The summed E-state index contributed by atoms with van der Waals surface area (Å²) in [6.07, 6.45) is 1.10. The molecule has 1 aromatic heterocycles. The molecule has 3 aromatic rings. The summed E-state index contributed by atoms with van der Waals surface area (Å²) in [4.78, 5) is 17.4. The van der Waals surface area contributed by atoms with Gasteiger partial charge in [-0.1, -0.05) is 54.6 Å². The first-order chi connectivity index (χ1) is 13.7. The minimum atomic E-state index is 0.0749. The Morgan fingerprint density at radius 2 is 1.71 bits per heavy atom.